The normalized spacial score (nSPS) is 18.3. The monoisotopic (exact) mass is 259 g/mol. The van der Waals surface area contributed by atoms with Crippen LogP contribution in [-0.2, 0) is 15.9 Å². The summed E-state index contributed by atoms with van der Waals surface area (Å²) < 4.78 is 11.0. The van der Waals surface area contributed by atoms with Crippen molar-refractivity contribution in [2.45, 2.75) is 50.6 Å². The molecule has 1 fully saturated rings. The first-order valence-electron chi connectivity index (χ1n) is 7.23. The molecule has 1 aliphatic heterocycles. The van der Waals surface area contributed by atoms with Crippen molar-refractivity contribution in [1.29, 1.82) is 0 Å². The third-order valence-electron chi connectivity index (χ3n) is 3.36. The predicted molar refractivity (Wildman–Crippen MR) is 76.2 cm³/mol. The van der Waals surface area contributed by atoms with Crippen LogP contribution in [0.25, 0.3) is 0 Å². The summed E-state index contributed by atoms with van der Waals surface area (Å²) in [5, 5.41) is 0. The second-order valence-electron chi connectivity index (χ2n) is 5.09. The number of pyridine rings is 1. The summed E-state index contributed by atoms with van der Waals surface area (Å²) in [6, 6.07) is 5.97. The summed E-state index contributed by atoms with van der Waals surface area (Å²) in [6.45, 7) is 1.67. The van der Waals surface area contributed by atoms with Crippen molar-refractivity contribution in [3.05, 3.63) is 30.1 Å². The maximum absolute atomic E-state index is 6.12. The molecule has 2 radical (unpaired) electrons. The molecule has 0 saturated carbocycles. The molecule has 1 saturated heterocycles. The number of hydrogen-bond donors (Lipinski definition) is 0. The zero-order valence-electron chi connectivity index (χ0n) is 11.5. The first-order valence-corrected chi connectivity index (χ1v) is 7.23. The Morgan fingerprint density at radius 3 is 2.84 bits per heavy atom. The Labute approximate surface area is 117 Å². The van der Waals surface area contributed by atoms with Gasteiger partial charge >= 0.3 is 0 Å². The van der Waals surface area contributed by atoms with Crippen LogP contribution >= 0.6 is 0 Å². The molecule has 1 aliphatic rings. The van der Waals surface area contributed by atoms with E-state index in [2.05, 4.69) is 4.98 Å². The van der Waals surface area contributed by atoms with Crippen LogP contribution in [0.2, 0.25) is 5.82 Å². The molecule has 0 amide bonds. The van der Waals surface area contributed by atoms with Gasteiger partial charge < -0.3 is 9.47 Å². The highest BCUT2D eigenvalue weighted by atomic mass is 16.7. The second-order valence-corrected chi connectivity index (χ2v) is 5.09. The van der Waals surface area contributed by atoms with Gasteiger partial charge in [-0.3, -0.25) is 4.98 Å². The number of aromatic nitrogens is 1. The van der Waals surface area contributed by atoms with Crippen molar-refractivity contribution >= 4 is 7.85 Å². The lowest BCUT2D eigenvalue weighted by Crippen LogP contribution is -2.24. The molecule has 1 atom stereocenters. The molecule has 102 valence electrons. The average molecular weight is 259 g/mol. The number of ether oxygens (including phenoxy) is 2. The Balaban J connectivity index is 1.55. The summed E-state index contributed by atoms with van der Waals surface area (Å²) in [4.78, 5) is 4.30. The summed E-state index contributed by atoms with van der Waals surface area (Å²) in [5.74, 6) is 0.197. The third-order valence-corrected chi connectivity index (χ3v) is 3.36. The molecule has 2 rings (SSSR count). The van der Waals surface area contributed by atoms with Crippen LogP contribution in [0.5, 0.6) is 0 Å². The van der Waals surface area contributed by atoms with Crippen LogP contribution < -0.4 is 0 Å². The van der Waals surface area contributed by atoms with E-state index in [0.717, 1.165) is 57.4 Å². The fraction of sp³-hybridized carbons (Fsp3) is 0.667. The lowest BCUT2D eigenvalue weighted by molar-refractivity contribution is -0.181. The van der Waals surface area contributed by atoms with Crippen LogP contribution in [-0.4, -0.2) is 32.3 Å². The van der Waals surface area contributed by atoms with E-state index in [1.165, 1.54) is 0 Å². The second kappa shape index (κ2) is 8.33. The number of nitrogens with zero attached hydrogens (tertiary/aromatic N) is 1. The number of unbranched alkanes of at least 4 members (excludes halogenated alkanes) is 1. The first kappa shape index (κ1) is 14.5. The Bertz CT molecular complexity index is 341. The van der Waals surface area contributed by atoms with Gasteiger partial charge in [0.05, 0.1) is 21.1 Å². The number of hydrogen-bond acceptors (Lipinski definition) is 3. The van der Waals surface area contributed by atoms with Crippen LogP contribution in [0.15, 0.2) is 24.4 Å². The molecule has 3 nitrogen and oxygen atoms in total. The van der Waals surface area contributed by atoms with Gasteiger partial charge in [-0.05, 0) is 37.8 Å². The summed E-state index contributed by atoms with van der Waals surface area (Å²) in [5.41, 5.74) is 1.08. The Kier molecular flexibility index (Phi) is 6.38. The topological polar surface area (TPSA) is 31.4 Å². The molecular weight excluding hydrogens is 237 g/mol. The van der Waals surface area contributed by atoms with Crippen LogP contribution in [0.1, 0.15) is 37.8 Å². The average Bonchev–Trinajstić information content (AvgIpc) is 2.46. The minimum Gasteiger partial charge on any atom is -0.353 e. The van der Waals surface area contributed by atoms with E-state index >= 15 is 0 Å². The zero-order chi connectivity index (χ0) is 13.3. The fourth-order valence-corrected chi connectivity index (χ4v) is 2.31. The van der Waals surface area contributed by atoms with E-state index in [1.807, 2.05) is 24.4 Å². The highest BCUT2D eigenvalue weighted by Crippen LogP contribution is 2.19. The molecule has 4 heteroatoms. The maximum Gasteiger partial charge on any atom is 0.157 e. The van der Waals surface area contributed by atoms with Gasteiger partial charge in [-0.1, -0.05) is 24.7 Å². The quantitative estimate of drug-likeness (QED) is 0.557. The molecule has 0 aromatic carbocycles. The van der Waals surface area contributed by atoms with E-state index in [1.54, 1.807) is 0 Å². The van der Waals surface area contributed by atoms with Crippen molar-refractivity contribution in [3.63, 3.8) is 0 Å². The zero-order valence-corrected chi connectivity index (χ0v) is 11.5. The first-order chi connectivity index (χ1) is 9.34. The van der Waals surface area contributed by atoms with Crippen molar-refractivity contribution in [1.82, 2.24) is 4.98 Å². The van der Waals surface area contributed by atoms with Gasteiger partial charge in [0.1, 0.15) is 0 Å². The summed E-state index contributed by atoms with van der Waals surface area (Å²) in [7, 11) is 6.12. The van der Waals surface area contributed by atoms with E-state index in [9.17, 15) is 0 Å². The smallest absolute Gasteiger partial charge is 0.157 e. The summed E-state index contributed by atoms with van der Waals surface area (Å²) >= 11 is 0. The van der Waals surface area contributed by atoms with Gasteiger partial charge in [0, 0.05) is 11.9 Å². The van der Waals surface area contributed by atoms with Gasteiger partial charge in [-0.15, -0.1) is 0 Å². The molecule has 2 heterocycles. The third kappa shape index (κ3) is 5.75. The van der Waals surface area contributed by atoms with Gasteiger partial charge in [0.15, 0.2) is 6.29 Å². The molecule has 0 spiro atoms. The van der Waals surface area contributed by atoms with E-state index < -0.39 is 0 Å². The lowest BCUT2D eigenvalue weighted by atomic mass is 9.79. The lowest BCUT2D eigenvalue weighted by Gasteiger charge is -2.23. The van der Waals surface area contributed by atoms with Crippen molar-refractivity contribution < 1.29 is 9.47 Å². The fourth-order valence-electron chi connectivity index (χ4n) is 2.31. The van der Waals surface area contributed by atoms with Crippen LogP contribution in [0, 0.1) is 0 Å². The van der Waals surface area contributed by atoms with Crippen molar-refractivity contribution in [2.24, 2.45) is 0 Å². The number of rotatable bonds is 7. The van der Waals surface area contributed by atoms with Gasteiger partial charge in [0.2, 0.25) is 0 Å². The Morgan fingerprint density at radius 1 is 1.26 bits per heavy atom. The van der Waals surface area contributed by atoms with Gasteiger partial charge in [-0.25, -0.2) is 0 Å². The minimum atomic E-state index is 0.0146. The van der Waals surface area contributed by atoms with E-state index in [4.69, 9.17) is 17.3 Å². The standard InChI is InChI=1S/C15H22BNO2/c16-13(12-14-7-3-4-9-17-14)6-1-2-8-15-18-10-5-11-19-15/h3-4,7,9,13,15H,1-2,5-6,8,10-12H2/t13-/m1/s1. The Morgan fingerprint density at radius 2 is 2.11 bits per heavy atom. The van der Waals surface area contributed by atoms with Gasteiger partial charge in [0.25, 0.3) is 0 Å². The highest BCUT2D eigenvalue weighted by molar-refractivity contribution is 6.11. The van der Waals surface area contributed by atoms with E-state index in [0.29, 0.717) is 0 Å². The van der Waals surface area contributed by atoms with E-state index in [-0.39, 0.29) is 12.1 Å². The maximum atomic E-state index is 6.12. The minimum absolute atomic E-state index is 0.0146. The molecule has 19 heavy (non-hydrogen) atoms. The predicted octanol–water partition coefficient (Wildman–Crippen LogP) is 2.90. The van der Waals surface area contributed by atoms with Crippen LogP contribution in [0.4, 0.5) is 0 Å². The molecule has 0 aliphatic carbocycles. The summed E-state index contributed by atoms with van der Waals surface area (Å²) in [6.07, 6.45) is 7.96. The SMILES string of the molecule is [B][C@H](CCCCC1OCCCO1)Cc1ccccn1. The van der Waals surface area contributed by atoms with Crippen molar-refractivity contribution in [3.8, 4) is 0 Å². The molecule has 0 bridgehead atoms. The molecular formula is C15H22BNO2. The molecule has 0 N–H and O–H groups in total. The molecule has 1 aromatic rings. The largest absolute Gasteiger partial charge is 0.353 e. The highest BCUT2D eigenvalue weighted by Gasteiger charge is 2.13. The Hall–Kier alpha value is -0.865. The molecule has 0 unspecified atom stereocenters. The molecule has 1 aromatic heterocycles. The van der Waals surface area contributed by atoms with Gasteiger partial charge in [-0.2, -0.15) is 0 Å². The van der Waals surface area contributed by atoms with Crippen molar-refractivity contribution in [2.75, 3.05) is 13.2 Å². The van der Waals surface area contributed by atoms with Crippen LogP contribution in [0.3, 0.4) is 0 Å².